The minimum Gasteiger partial charge on any atom is -0.242 e. The van der Waals surface area contributed by atoms with Gasteiger partial charge in [0.2, 0.25) is 0 Å². The van der Waals surface area contributed by atoms with E-state index in [1.807, 2.05) is 6.92 Å². The standard InChI is InChI=1S/C10H14N4O2/c1-2-3-8-14(13-16)10-6-4-9(5-7-10)11-12-15/h4-7H,2-3,8H2,1H3,(H,11,15). The molecule has 0 fully saturated rings. The highest BCUT2D eigenvalue weighted by Gasteiger charge is 2.05. The molecular formula is C10H14N4O2. The van der Waals surface area contributed by atoms with E-state index in [9.17, 15) is 9.81 Å². The first-order valence-electron chi connectivity index (χ1n) is 5.11. The van der Waals surface area contributed by atoms with Crippen molar-refractivity contribution >= 4 is 11.4 Å². The lowest BCUT2D eigenvalue weighted by Crippen LogP contribution is -2.16. The summed E-state index contributed by atoms with van der Waals surface area (Å²) in [6, 6.07) is 6.76. The SMILES string of the molecule is CCCCN(N=O)c1ccc(NN=O)cc1. The number of nitroso groups, excluding NO2 is 2. The second-order valence-corrected chi connectivity index (χ2v) is 3.31. The monoisotopic (exact) mass is 222 g/mol. The van der Waals surface area contributed by atoms with Crippen molar-refractivity contribution in [2.24, 2.45) is 10.6 Å². The molecule has 0 amide bonds. The number of benzene rings is 1. The van der Waals surface area contributed by atoms with Crippen LogP contribution in [0.5, 0.6) is 0 Å². The minimum absolute atomic E-state index is 0.583. The van der Waals surface area contributed by atoms with Crippen molar-refractivity contribution in [3.8, 4) is 0 Å². The molecule has 16 heavy (non-hydrogen) atoms. The molecule has 0 saturated carbocycles. The van der Waals surface area contributed by atoms with Gasteiger partial charge in [-0.25, -0.2) is 10.4 Å². The normalized spacial score (nSPS) is 9.56. The number of anilines is 2. The first kappa shape index (κ1) is 12.1. The van der Waals surface area contributed by atoms with Gasteiger partial charge in [0.15, 0.2) is 0 Å². The Balaban J connectivity index is 2.69. The molecule has 0 heterocycles. The summed E-state index contributed by atoms with van der Waals surface area (Å²) in [6.45, 7) is 2.64. The second kappa shape index (κ2) is 6.49. The van der Waals surface area contributed by atoms with E-state index in [0.717, 1.165) is 12.8 Å². The quantitative estimate of drug-likeness (QED) is 0.568. The van der Waals surface area contributed by atoms with Gasteiger partial charge in [-0.05, 0) is 30.7 Å². The van der Waals surface area contributed by atoms with E-state index in [0.29, 0.717) is 17.9 Å². The van der Waals surface area contributed by atoms with E-state index in [1.54, 1.807) is 24.3 Å². The Morgan fingerprint density at radius 1 is 1.25 bits per heavy atom. The van der Waals surface area contributed by atoms with Crippen molar-refractivity contribution in [3.05, 3.63) is 34.1 Å². The van der Waals surface area contributed by atoms with E-state index in [-0.39, 0.29) is 0 Å². The van der Waals surface area contributed by atoms with Gasteiger partial charge in [0, 0.05) is 6.54 Å². The maximum atomic E-state index is 10.6. The molecule has 1 aromatic carbocycles. The Hall–Kier alpha value is -1.98. The summed E-state index contributed by atoms with van der Waals surface area (Å²) in [5, 5.41) is 6.89. The maximum absolute atomic E-state index is 10.6. The summed E-state index contributed by atoms with van der Waals surface area (Å²) in [5.41, 5.74) is 3.57. The first-order chi connectivity index (χ1) is 7.81. The second-order valence-electron chi connectivity index (χ2n) is 3.31. The highest BCUT2D eigenvalue weighted by atomic mass is 16.3. The van der Waals surface area contributed by atoms with E-state index >= 15 is 0 Å². The van der Waals surface area contributed by atoms with Crippen LogP contribution in [0, 0.1) is 9.81 Å². The molecule has 0 spiro atoms. The molecule has 0 aliphatic rings. The van der Waals surface area contributed by atoms with Gasteiger partial charge < -0.3 is 0 Å². The summed E-state index contributed by atoms with van der Waals surface area (Å²) in [5.74, 6) is 0. The van der Waals surface area contributed by atoms with Gasteiger partial charge in [-0.2, -0.15) is 0 Å². The predicted octanol–water partition coefficient (Wildman–Crippen LogP) is 3.07. The highest BCUT2D eigenvalue weighted by molar-refractivity contribution is 5.54. The lowest BCUT2D eigenvalue weighted by Gasteiger charge is -2.14. The van der Waals surface area contributed by atoms with Crippen LogP contribution >= 0.6 is 0 Å². The van der Waals surface area contributed by atoms with Gasteiger partial charge in [-0.1, -0.05) is 13.3 Å². The van der Waals surface area contributed by atoms with Gasteiger partial charge >= 0.3 is 0 Å². The van der Waals surface area contributed by atoms with E-state index < -0.39 is 0 Å². The van der Waals surface area contributed by atoms with Gasteiger partial charge in [-0.15, -0.1) is 9.81 Å². The Kier molecular flexibility index (Phi) is 4.91. The van der Waals surface area contributed by atoms with Crippen LogP contribution in [0.15, 0.2) is 34.8 Å². The molecule has 0 radical (unpaired) electrons. The summed E-state index contributed by atoms with van der Waals surface area (Å²) < 4.78 is 0. The van der Waals surface area contributed by atoms with Crippen LogP contribution in [0.2, 0.25) is 0 Å². The van der Waals surface area contributed by atoms with Crippen LogP contribution in [0.3, 0.4) is 0 Å². The number of unbranched alkanes of at least 4 members (excludes halogenated alkanes) is 1. The van der Waals surface area contributed by atoms with Crippen LogP contribution in [0.1, 0.15) is 19.8 Å². The van der Waals surface area contributed by atoms with E-state index in [2.05, 4.69) is 16.0 Å². The number of hydrogen-bond donors (Lipinski definition) is 1. The Morgan fingerprint density at radius 2 is 1.94 bits per heavy atom. The van der Waals surface area contributed by atoms with Gasteiger partial charge in [0.25, 0.3) is 0 Å². The van der Waals surface area contributed by atoms with Crippen molar-refractivity contribution in [2.45, 2.75) is 19.8 Å². The number of nitrogens with one attached hydrogen (secondary N) is 1. The summed E-state index contributed by atoms with van der Waals surface area (Å²) in [4.78, 5) is 20.6. The third-order valence-electron chi connectivity index (χ3n) is 2.16. The van der Waals surface area contributed by atoms with Gasteiger partial charge in [0.05, 0.1) is 21.9 Å². The number of rotatable bonds is 7. The average molecular weight is 222 g/mol. The molecular weight excluding hydrogens is 208 g/mol. The molecule has 1 aromatic rings. The topological polar surface area (TPSA) is 74.1 Å². The van der Waals surface area contributed by atoms with E-state index in [1.165, 1.54) is 5.01 Å². The molecule has 6 nitrogen and oxygen atoms in total. The van der Waals surface area contributed by atoms with Crippen molar-refractivity contribution in [1.82, 2.24) is 0 Å². The zero-order valence-corrected chi connectivity index (χ0v) is 9.09. The van der Waals surface area contributed by atoms with Crippen LogP contribution < -0.4 is 10.4 Å². The maximum Gasteiger partial charge on any atom is 0.0627 e. The third kappa shape index (κ3) is 3.30. The van der Waals surface area contributed by atoms with E-state index in [4.69, 9.17) is 0 Å². The van der Waals surface area contributed by atoms with Crippen LogP contribution in [0.4, 0.5) is 11.4 Å². The summed E-state index contributed by atoms with van der Waals surface area (Å²) in [6.07, 6.45) is 1.91. The zero-order chi connectivity index (χ0) is 11.8. The van der Waals surface area contributed by atoms with Gasteiger partial charge in [0.1, 0.15) is 0 Å². The molecule has 0 aliphatic heterocycles. The van der Waals surface area contributed by atoms with Gasteiger partial charge in [-0.3, -0.25) is 0 Å². The lowest BCUT2D eigenvalue weighted by molar-refractivity contribution is 0.736. The third-order valence-corrected chi connectivity index (χ3v) is 2.16. The fraction of sp³-hybridized carbons (Fsp3) is 0.400. The zero-order valence-electron chi connectivity index (χ0n) is 9.09. The Labute approximate surface area is 93.5 Å². The molecule has 0 saturated heterocycles. The molecule has 0 bridgehead atoms. The van der Waals surface area contributed by atoms with Crippen molar-refractivity contribution < 1.29 is 0 Å². The molecule has 0 atom stereocenters. The van der Waals surface area contributed by atoms with Crippen molar-refractivity contribution in [2.75, 3.05) is 17.0 Å². The molecule has 1 N–H and O–H groups in total. The number of hydrogen-bond acceptors (Lipinski definition) is 4. The summed E-state index contributed by atoms with van der Waals surface area (Å²) in [7, 11) is 0. The van der Waals surface area contributed by atoms with Crippen molar-refractivity contribution in [1.29, 1.82) is 0 Å². The molecule has 6 heteroatoms. The fourth-order valence-corrected chi connectivity index (χ4v) is 1.29. The van der Waals surface area contributed by atoms with Crippen molar-refractivity contribution in [3.63, 3.8) is 0 Å². The lowest BCUT2D eigenvalue weighted by atomic mass is 10.2. The molecule has 86 valence electrons. The molecule has 0 unspecified atom stereocenters. The summed E-state index contributed by atoms with van der Waals surface area (Å²) >= 11 is 0. The largest absolute Gasteiger partial charge is 0.242 e. The Morgan fingerprint density at radius 3 is 2.44 bits per heavy atom. The minimum atomic E-state index is 0.583. The smallest absolute Gasteiger partial charge is 0.0627 e. The fourth-order valence-electron chi connectivity index (χ4n) is 1.29. The molecule has 1 rings (SSSR count). The molecule has 0 aromatic heterocycles. The Bertz CT molecular complexity index is 339. The molecule has 0 aliphatic carbocycles. The van der Waals surface area contributed by atoms with Crippen LogP contribution in [0.25, 0.3) is 0 Å². The highest BCUT2D eigenvalue weighted by Crippen LogP contribution is 2.18. The number of nitrogens with zero attached hydrogens (tertiary/aromatic N) is 3. The average Bonchev–Trinajstić information content (AvgIpc) is 2.32. The first-order valence-corrected chi connectivity index (χ1v) is 5.11. The van der Waals surface area contributed by atoms with Crippen LogP contribution in [-0.4, -0.2) is 6.54 Å². The predicted molar refractivity (Wildman–Crippen MR) is 63.9 cm³/mol. The van der Waals surface area contributed by atoms with Crippen LogP contribution in [-0.2, 0) is 0 Å².